The Labute approximate surface area is 144 Å². The number of anilines is 1. The Morgan fingerprint density at radius 2 is 2.29 bits per heavy atom. The van der Waals surface area contributed by atoms with Crippen molar-refractivity contribution in [2.45, 2.75) is 25.8 Å². The van der Waals surface area contributed by atoms with E-state index in [1.165, 1.54) is 9.75 Å². The third-order valence-corrected chi connectivity index (χ3v) is 5.35. The zero-order valence-electron chi connectivity index (χ0n) is 13.3. The molecule has 1 aliphatic carbocycles. The molecule has 0 spiro atoms. The smallest absolute Gasteiger partial charge is 0.229 e. The summed E-state index contributed by atoms with van der Waals surface area (Å²) < 4.78 is 1.81. The molecule has 2 atom stereocenters. The predicted octanol–water partition coefficient (Wildman–Crippen LogP) is 3.44. The van der Waals surface area contributed by atoms with Gasteiger partial charge < -0.3 is 5.32 Å². The quantitative estimate of drug-likeness (QED) is 0.775. The lowest BCUT2D eigenvalue weighted by atomic mass is 10.2. The molecule has 3 aromatic heterocycles. The molecule has 0 radical (unpaired) electrons. The Morgan fingerprint density at radius 3 is 3.04 bits per heavy atom. The van der Waals surface area contributed by atoms with Crippen LogP contribution in [-0.2, 0) is 11.3 Å². The minimum absolute atomic E-state index is 0.0673. The summed E-state index contributed by atoms with van der Waals surface area (Å²) in [4.78, 5) is 19.1. The van der Waals surface area contributed by atoms with Crippen LogP contribution < -0.4 is 5.32 Å². The molecule has 0 aliphatic heterocycles. The number of aromatic nitrogens is 3. The molecule has 0 unspecified atom stereocenters. The Hall–Kier alpha value is -2.47. The first-order chi connectivity index (χ1) is 11.7. The molecule has 5 nitrogen and oxygen atoms in total. The lowest BCUT2D eigenvalue weighted by molar-refractivity contribution is -0.117. The van der Waals surface area contributed by atoms with Crippen molar-refractivity contribution in [2.24, 2.45) is 5.92 Å². The van der Waals surface area contributed by atoms with Gasteiger partial charge in [0.2, 0.25) is 5.91 Å². The van der Waals surface area contributed by atoms with E-state index in [2.05, 4.69) is 34.5 Å². The van der Waals surface area contributed by atoms with Crippen molar-refractivity contribution < 1.29 is 4.79 Å². The molecule has 1 aliphatic rings. The molecule has 1 saturated carbocycles. The molecule has 0 aromatic carbocycles. The number of carbonyl (C=O) groups excluding carboxylic acids is 1. The van der Waals surface area contributed by atoms with Gasteiger partial charge in [0.25, 0.3) is 0 Å². The largest absolute Gasteiger partial charge is 0.309 e. The zero-order valence-corrected chi connectivity index (χ0v) is 14.2. The number of hydrogen-bond donors (Lipinski definition) is 1. The maximum Gasteiger partial charge on any atom is 0.229 e. The van der Waals surface area contributed by atoms with Gasteiger partial charge in [-0.1, -0.05) is 6.07 Å². The molecular weight excluding hydrogens is 320 g/mol. The van der Waals surface area contributed by atoms with Crippen LogP contribution in [0.3, 0.4) is 0 Å². The average molecular weight is 338 g/mol. The SMILES string of the molecule is Cc1ccc([C@H]2C[C@H]2C(=O)Nc2ccn(Cc3cccnc3)n2)s1. The molecule has 0 bridgehead atoms. The van der Waals surface area contributed by atoms with Crippen LogP contribution >= 0.6 is 11.3 Å². The Kier molecular flexibility index (Phi) is 3.90. The molecule has 0 saturated heterocycles. The highest BCUT2D eigenvalue weighted by atomic mass is 32.1. The summed E-state index contributed by atoms with van der Waals surface area (Å²) in [6, 6.07) is 10.0. The maximum atomic E-state index is 12.4. The van der Waals surface area contributed by atoms with Crippen LogP contribution in [0.5, 0.6) is 0 Å². The van der Waals surface area contributed by atoms with Crippen LogP contribution in [0.4, 0.5) is 5.82 Å². The fourth-order valence-electron chi connectivity index (χ4n) is 2.87. The molecule has 24 heavy (non-hydrogen) atoms. The number of nitrogens with one attached hydrogen (secondary N) is 1. The van der Waals surface area contributed by atoms with Gasteiger partial charge in [-0.3, -0.25) is 14.5 Å². The maximum absolute atomic E-state index is 12.4. The Morgan fingerprint density at radius 1 is 1.38 bits per heavy atom. The summed E-state index contributed by atoms with van der Waals surface area (Å²) in [7, 11) is 0. The van der Waals surface area contributed by atoms with E-state index >= 15 is 0 Å². The van der Waals surface area contributed by atoms with E-state index in [1.54, 1.807) is 22.2 Å². The van der Waals surface area contributed by atoms with Crippen LogP contribution in [0.1, 0.15) is 27.7 Å². The molecule has 1 fully saturated rings. The van der Waals surface area contributed by atoms with Gasteiger partial charge in [-0.2, -0.15) is 5.10 Å². The van der Waals surface area contributed by atoms with Crippen molar-refractivity contribution in [1.29, 1.82) is 0 Å². The number of hydrogen-bond acceptors (Lipinski definition) is 4. The Balaban J connectivity index is 1.35. The van der Waals surface area contributed by atoms with E-state index in [9.17, 15) is 4.79 Å². The summed E-state index contributed by atoms with van der Waals surface area (Å²) >= 11 is 1.79. The number of amides is 1. The highest BCUT2D eigenvalue weighted by Gasteiger charge is 2.44. The van der Waals surface area contributed by atoms with Gasteiger partial charge in [0.1, 0.15) is 0 Å². The van der Waals surface area contributed by atoms with Crippen molar-refractivity contribution >= 4 is 23.1 Å². The first-order valence-corrected chi connectivity index (χ1v) is 8.80. The van der Waals surface area contributed by atoms with Crippen molar-refractivity contribution in [3.8, 4) is 0 Å². The first kappa shape index (κ1) is 15.1. The van der Waals surface area contributed by atoms with Crippen LogP contribution in [0.25, 0.3) is 0 Å². The van der Waals surface area contributed by atoms with Crippen molar-refractivity contribution in [1.82, 2.24) is 14.8 Å². The standard InChI is InChI=1S/C18H18N4OS/c1-12-4-5-16(24-12)14-9-15(14)18(23)20-17-6-8-22(21-17)11-13-3-2-7-19-10-13/h2-8,10,14-15H,9,11H2,1H3,(H,20,21,23)/t14-,15+/m0/s1. The lowest BCUT2D eigenvalue weighted by Crippen LogP contribution is -2.15. The number of nitrogens with zero attached hydrogens (tertiary/aromatic N) is 3. The average Bonchev–Trinajstić information content (AvgIpc) is 3.09. The van der Waals surface area contributed by atoms with E-state index in [-0.39, 0.29) is 11.8 Å². The topological polar surface area (TPSA) is 59.8 Å². The molecule has 1 N–H and O–H groups in total. The molecular formula is C18H18N4OS. The van der Waals surface area contributed by atoms with Gasteiger partial charge in [0.15, 0.2) is 5.82 Å². The highest BCUT2D eigenvalue weighted by molar-refractivity contribution is 7.12. The number of rotatable bonds is 5. The van der Waals surface area contributed by atoms with E-state index in [1.807, 2.05) is 30.6 Å². The second kappa shape index (κ2) is 6.20. The fourth-order valence-corrected chi connectivity index (χ4v) is 3.92. The molecule has 122 valence electrons. The predicted molar refractivity (Wildman–Crippen MR) is 94.1 cm³/mol. The van der Waals surface area contributed by atoms with Gasteiger partial charge >= 0.3 is 0 Å². The van der Waals surface area contributed by atoms with E-state index < -0.39 is 0 Å². The minimum Gasteiger partial charge on any atom is -0.309 e. The van der Waals surface area contributed by atoms with E-state index in [4.69, 9.17) is 0 Å². The van der Waals surface area contributed by atoms with Crippen molar-refractivity contribution in [3.63, 3.8) is 0 Å². The second-order valence-corrected chi connectivity index (χ2v) is 7.47. The number of pyridine rings is 1. The summed E-state index contributed by atoms with van der Waals surface area (Å²) in [6.07, 6.45) is 6.37. The summed E-state index contributed by atoms with van der Waals surface area (Å²) in [5.41, 5.74) is 1.08. The molecule has 1 amide bonds. The van der Waals surface area contributed by atoms with Gasteiger partial charge in [-0.15, -0.1) is 11.3 Å². The van der Waals surface area contributed by atoms with Crippen LogP contribution in [0.2, 0.25) is 0 Å². The fraction of sp³-hybridized carbons (Fsp3) is 0.278. The molecule has 3 aromatic rings. The zero-order chi connectivity index (χ0) is 16.5. The minimum atomic E-state index is 0.0673. The number of carbonyl (C=O) groups is 1. The normalized spacial score (nSPS) is 19.2. The summed E-state index contributed by atoms with van der Waals surface area (Å²) in [5, 5.41) is 7.35. The van der Waals surface area contributed by atoms with Gasteiger partial charge in [0, 0.05) is 46.2 Å². The highest BCUT2D eigenvalue weighted by Crippen LogP contribution is 2.50. The Bertz CT molecular complexity index is 855. The van der Waals surface area contributed by atoms with E-state index in [0.29, 0.717) is 18.3 Å². The van der Waals surface area contributed by atoms with E-state index in [0.717, 1.165) is 12.0 Å². The summed E-state index contributed by atoms with van der Waals surface area (Å²) in [6.45, 7) is 2.74. The van der Waals surface area contributed by atoms with Gasteiger partial charge in [-0.25, -0.2) is 0 Å². The van der Waals surface area contributed by atoms with Crippen LogP contribution in [0, 0.1) is 12.8 Å². The number of aryl methyl sites for hydroxylation is 1. The van der Waals surface area contributed by atoms with Crippen molar-refractivity contribution in [2.75, 3.05) is 5.32 Å². The van der Waals surface area contributed by atoms with Crippen LogP contribution in [0.15, 0.2) is 48.9 Å². The second-order valence-electron chi connectivity index (χ2n) is 6.15. The van der Waals surface area contributed by atoms with Gasteiger partial charge in [-0.05, 0) is 37.1 Å². The summed E-state index contributed by atoms with van der Waals surface area (Å²) in [5.74, 6) is 1.13. The molecule has 4 rings (SSSR count). The lowest BCUT2D eigenvalue weighted by Gasteiger charge is -2.02. The monoisotopic (exact) mass is 338 g/mol. The molecule has 6 heteroatoms. The third-order valence-electron chi connectivity index (χ3n) is 4.21. The van der Waals surface area contributed by atoms with Gasteiger partial charge in [0.05, 0.1) is 6.54 Å². The number of thiophene rings is 1. The molecule has 3 heterocycles. The van der Waals surface area contributed by atoms with Crippen LogP contribution in [-0.4, -0.2) is 20.7 Å². The first-order valence-electron chi connectivity index (χ1n) is 7.98. The third kappa shape index (κ3) is 3.23. The van der Waals surface area contributed by atoms with Crippen molar-refractivity contribution in [3.05, 3.63) is 64.2 Å².